The third-order valence-electron chi connectivity index (χ3n) is 4.76. The van der Waals surface area contributed by atoms with Crippen LogP contribution in [0.1, 0.15) is 31.4 Å². The number of aromatic nitrogens is 2. The molecule has 3 heterocycles. The summed E-state index contributed by atoms with van der Waals surface area (Å²) < 4.78 is 10.6. The van der Waals surface area contributed by atoms with Gasteiger partial charge in [0.2, 0.25) is 0 Å². The fourth-order valence-electron chi connectivity index (χ4n) is 3.35. The molecular weight excluding hydrogens is 428 g/mol. The molecule has 1 aromatic carbocycles. The maximum atomic E-state index is 12.9. The standard InChI is InChI=1S/C23H18N4O4S/c1-12-7-17(14(3)32-12)19-9-18(21-13(2)27-31-22(21)26-19)23(29)30-11-20(28)25-16-6-4-5-15(8-16)10-24/h4-9H,11H2,1-3H3,(H,25,28). The number of rotatable bonds is 5. The molecule has 0 aliphatic heterocycles. The zero-order valence-electron chi connectivity index (χ0n) is 17.6. The Labute approximate surface area is 187 Å². The maximum Gasteiger partial charge on any atom is 0.339 e. The number of anilines is 1. The Morgan fingerprint density at radius 1 is 1.22 bits per heavy atom. The monoisotopic (exact) mass is 446 g/mol. The molecule has 0 atom stereocenters. The van der Waals surface area contributed by atoms with Gasteiger partial charge in [-0.1, -0.05) is 11.2 Å². The lowest BCUT2D eigenvalue weighted by atomic mass is 10.1. The molecule has 4 aromatic rings. The second-order valence-electron chi connectivity index (χ2n) is 7.15. The average molecular weight is 446 g/mol. The molecule has 32 heavy (non-hydrogen) atoms. The zero-order valence-corrected chi connectivity index (χ0v) is 18.4. The average Bonchev–Trinajstić information content (AvgIpc) is 3.32. The second-order valence-corrected chi connectivity index (χ2v) is 8.61. The van der Waals surface area contributed by atoms with Crippen LogP contribution in [0.25, 0.3) is 22.4 Å². The minimum absolute atomic E-state index is 0.228. The molecular formula is C23H18N4O4S. The first-order valence-electron chi connectivity index (χ1n) is 9.67. The van der Waals surface area contributed by atoms with E-state index in [1.54, 1.807) is 42.5 Å². The second kappa shape index (κ2) is 8.61. The van der Waals surface area contributed by atoms with Gasteiger partial charge >= 0.3 is 5.97 Å². The number of amides is 1. The lowest BCUT2D eigenvalue weighted by molar-refractivity contribution is -0.119. The quantitative estimate of drug-likeness (QED) is 0.447. The molecule has 0 spiro atoms. The number of carbonyl (C=O) groups is 2. The Hall–Kier alpha value is -4.03. The topological polar surface area (TPSA) is 118 Å². The van der Waals surface area contributed by atoms with Gasteiger partial charge in [0.1, 0.15) is 0 Å². The van der Waals surface area contributed by atoms with Gasteiger partial charge < -0.3 is 14.6 Å². The summed E-state index contributed by atoms with van der Waals surface area (Å²) >= 11 is 1.63. The Kier molecular flexibility index (Phi) is 5.71. The van der Waals surface area contributed by atoms with Crippen LogP contribution in [-0.4, -0.2) is 28.6 Å². The molecule has 0 radical (unpaired) electrons. The van der Waals surface area contributed by atoms with Crippen molar-refractivity contribution < 1.29 is 18.8 Å². The Balaban J connectivity index is 1.57. The summed E-state index contributed by atoms with van der Waals surface area (Å²) in [5, 5.41) is 15.9. The molecule has 0 fully saturated rings. The Morgan fingerprint density at radius 2 is 2.03 bits per heavy atom. The van der Waals surface area contributed by atoms with Crippen LogP contribution in [0.4, 0.5) is 5.69 Å². The molecule has 1 N–H and O–H groups in total. The van der Waals surface area contributed by atoms with Crippen LogP contribution >= 0.6 is 11.3 Å². The third-order valence-corrected chi connectivity index (χ3v) is 5.73. The zero-order chi connectivity index (χ0) is 22.8. The number of esters is 1. The number of hydrogen-bond donors (Lipinski definition) is 1. The van der Waals surface area contributed by atoms with E-state index in [2.05, 4.69) is 15.5 Å². The number of hydrogen-bond acceptors (Lipinski definition) is 8. The minimum atomic E-state index is -0.685. The fraction of sp³-hybridized carbons (Fsp3) is 0.174. The van der Waals surface area contributed by atoms with Gasteiger partial charge in [-0.05, 0) is 51.1 Å². The first kappa shape index (κ1) is 21.2. The van der Waals surface area contributed by atoms with Gasteiger partial charge in [-0.2, -0.15) is 5.26 Å². The van der Waals surface area contributed by atoms with Crippen LogP contribution in [-0.2, 0) is 9.53 Å². The van der Waals surface area contributed by atoms with Crippen molar-refractivity contribution >= 4 is 40.0 Å². The first-order valence-corrected chi connectivity index (χ1v) is 10.5. The molecule has 9 heteroatoms. The van der Waals surface area contributed by atoms with Crippen molar-refractivity contribution in [3.05, 3.63) is 63.0 Å². The molecule has 1 amide bonds. The molecule has 8 nitrogen and oxygen atoms in total. The third kappa shape index (κ3) is 4.22. The molecule has 0 unspecified atom stereocenters. The summed E-state index contributed by atoms with van der Waals surface area (Å²) in [7, 11) is 0. The number of aryl methyl sites for hydroxylation is 3. The van der Waals surface area contributed by atoms with Gasteiger partial charge in [0.25, 0.3) is 11.6 Å². The number of nitriles is 1. The van der Waals surface area contributed by atoms with Crippen LogP contribution in [0.15, 0.2) is 40.9 Å². The number of thiophene rings is 1. The van der Waals surface area contributed by atoms with Gasteiger partial charge in [0, 0.05) is 21.0 Å². The Bertz CT molecular complexity index is 1400. The van der Waals surface area contributed by atoms with E-state index in [4.69, 9.17) is 14.5 Å². The number of fused-ring (bicyclic) bond motifs is 1. The highest BCUT2D eigenvalue weighted by molar-refractivity contribution is 7.12. The molecule has 160 valence electrons. The molecule has 0 bridgehead atoms. The van der Waals surface area contributed by atoms with E-state index >= 15 is 0 Å². The van der Waals surface area contributed by atoms with E-state index in [-0.39, 0.29) is 11.3 Å². The van der Waals surface area contributed by atoms with Crippen molar-refractivity contribution in [1.29, 1.82) is 5.26 Å². The van der Waals surface area contributed by atoms with E-state index < -0.39 is 18.5 Å². The smallest absolute Gasteiger partial charge is 0.339 e. The van der Waals surface area contributed by atoms with Crippen molar-refractivity contribution in [1.82, 2.24) is 10.1 Å². The largest absolute Gasteiger partial charge is 0.452 e. The SMILES string of the molecule is Cc1cc(-c2cc(C(=O)OCC(=O)Nc3cccc(C#N)c3)c3c(C)noc3n2)c(C)s1. The number of carbonyl (C=O) groups excluding carboxylic acids is 2. The highest BCUT2D eigenvalue weighted by atomic mass is 32.1. The highest BCUT2D eigenvalue weighted by Gasteiger charge is 2.22. The number of benzene rings is 1. The summed E-state index contributed by atoms with van der Waals surface area (Å²) in [4.78, 5) is 31.8. The molecule has 4 rings (SSSR count). The summed E-state index contributed by atoms with van der Waals surface area (Å²) in [6.45, 7) is 5.20. The predicted octanol–water partition coefficient (Wildman–Crippen LogP) is 4.54. The van der Waals surface area contributed by atoms with Crippen molar-refractivity contribution in [2.45, 2.75) is 20.8 Å². The van der Waals surface area contributed by atoms with E-state index in [0.717, 1.165) is 15.3 Å². The van der Waals surface area contributed by atoms with E-state index in [1.807, 2.05) is 26.0 Å². The summed E-state index contributed by atoms with van der Waals surface area (Å²) in [6, 6.07) is 12.1. The summed E-state index contributed by atoms with van der Waals surface area (Å²) in [5.41, 5.74) is 3.28. The van der Waals surface area contributed by atoms with Gasteiger partial charge in [-0.15, -0.1) is 11.3 Å². The van der Waals surface area contributed by atoms with Gasteiger partial charge in [-0.25, -0.2) is 9.78 Å². The number of ether oxygens (including phenoxy) is 1. The fourth-order valence-corrected chi connectivity index (χ4v) is 4.28. The van der Waals surface area contributed by atoms with Crippen LogP contribution in [0, 0.1) is 32.1 Å². The number of nitrogens with one attached hydrogen (secondary N) is 1. The maximum absolute atomic E-state index is 12.9. The minimum Gasteiger partial charge on any atom is -0.452 e. The van der Waals surface area contributed by atoms with Crippen molar-refractivity contribution in [3.8, 4) is 17.3 Å². The van der Waals surface area contributed by atoms with Crippen molar-refractivity contribution in [2.24, 2.45) is 0 Å². The lowest BCUT2D eigenvalue weighted by Gasteiger charge is -2.09. The van der Waals surface area contributed by atoms with Crippen molar-refractivity contribution in [2.75, 3.05) is 11.9 Å². The first-order chi connectivity index (χ1) is 15.4. The van der Waals surface area contributed by atoms with Gasteiger partial charge in [0.15, 0.2) is 6.61 Å². The van der Waals surface area contributed by atoms with Gasteiger partial charge in [-0.3, -0.25) is 4.79 Å². The Morgan fingerprint density at radius 3 is 2.75 bits per heavy atom. The van der Waals surface area contributed by atoms with Gasteiger partial charge in [0.05, 0.1) is 34.0 Å². The predicted molar refractivity (Wildman–Crippen MR) is 119 cm³/mol. The van der Waals surface area contributed by atoms with E-state index in [0.29, 0.717) is 28.0 Å². The normalized spacial score (nSPS) is 10.7. The molecule has 3 aromatic heterocycles. The van der Waals surface area contributed by atoms with Crippen LogP contribution in [0.5, 0.6) is 0 Å². The highest BCUT2D eigenvalue weighted by Crippen LogP contribution is 2.33. The number of nitrogens with zero attached hydrogens (tertiary/aromatic N) is 3. The molecule has 0 aliphatic rings. The molecule has 0 aliphatic carbocycles. The van der Waals surface area contributed by atoms with E-state index in [1.165, 1.54) is 6.07 Å². The molecule has 0 saturated heterocycles. The lowest BCUT2D eigenvalue weighted by Crippen LogP contribution is -2.21. The van der Waals surface area contributed by atoms with Crippen molar-refractivity contribution in [3.63, 3.8) is 0 Å². The van der Waals surface area contributed by atoms with Crippen LogP contribution in [0.3, 0.4) is 0 Å². The number of pyridine rings is 1. The molecule has 0 saturated carbocycles. The van der Waals surface area contributed by atoms with Crippen LogP contribution in [0.2, 0.25) is 0 Å². The summed E-state index contributed by atoms with van der Waals surface area (Å²) in [6.07, 6.45) is 0. The van der Waals surface area contributed by atoms with E-state index in [9.17, 15) is 9.59 Å². The summed E-state index contributed by atoms with van der Waals surface area (Å²) in [5.74, 6) is -1.21. The van der Waals surface area contributed by atoms with Crippen LogP contribution < -0.4 is 5.32 Å².